The molecule has 0 N–H and O–H groups in total. The van der Waals surface area contributed by atoms with E-state index in [0.29, 0.717) is 17.2 Å². The highest BCUT2D eigenvalue weighted by molar-refractivity contribution is 6.36. The van der Waals surface area contributed by atoms with Crippen LogP contribution in [0.15, 0.2) is 36.4 Å². The van der Waals surface area contributed by atoms with Crippen LogP contribution in [0, 0.1) is 5.82 Å². The fraction of sp³-hybridized carbons (Fsp3) is 0.143. The maximum Gasteiger partial charge on any atom is 0.416 e. The molecule has 7 heteroatoms. The maximum atomic E-state index is 13.8. The van der Waals surface area contributed by atoms with Gasteiger partial charge in [-0.05, 0) is 35.9 Å². The van der Waals surface area contributed by atoms with Crippen molar-refractivity contribution in [3.63, 3.8) is 0 Å². The first-order valence-electron chi connectivity index (χ1n) is 5.66. The number of benzene rings is 2. The Morgan fingerprint density at radius 2 is 1.57 bits per heavy atom. The fourth-order valence-electron chi connectivity index (χ4n) is 1.79. The molecule has 0 bridgehead atoms. The summed E-state index contributed by atoms with van der Waals surface area (Å²) >= 11 is 17.8. The zero-order valence-electron chi connectivity index (χ0n) is 10.2. The second-order valence-electron chi connectivity index (χ2n) is 4.26. The molecular formula is C14H7Cl3F4. The minimum atomic E-state index is -4.58. The summed E-state index contributed by atoms with van der Waals surface area (Å²) in [7, 11) is 0. The Morgan fingerprint density at radius 1 is 0.905 bits per heavy atom. The first-order chi connectivity index (χ1) is 9.70. The van der Waals surface area contributed by atoms with Gasteiger partial charge in [0.15, 0.2) is 0 Å². The molecule has 112 valence electrons. The maximum absolute atomic E-state index is 13.8. The van der Waals surface area contributed by atoms with Crippen LogP contribution in [0.2, 0.25) is 10.0 Å². The molecule has 0 saturated carbocycles. The molecule has 0 aliphatic carbocycles. The van der Waals surface area contributed by atoms with Crippen LogP contribution < -0.4 is 0 Å². The van der Waals surface area contributed by atoms with E-state index in [2.05, 4.69) is 0 Å². The highest BCUT2D eigenvalue weighted by Gasteiger charge is 2.32. The van der Waals surface area contributed by atoms with Gasteiger partial charge in [0.2, 0.25) is 0 Å². The van der Waals surface area contributed by atoms with E-state index in [1.807, 2.05) is 0 Å². The topological polar surface area (TPSA) is 0 Å². The third-order valence-electron chi connectivity index (χ3n) is 2.83. The van der Waals surface area contributed by atoms with E-state index >= 15 is 0 Å². The Hall–Kier alpha value is -0.970. The smallest absolute Gasteiger partial charge is 0.207 e. The van der Waals surface area contributed by atoms with Crippen molar-refractivity contribution >= 4 is 34.8 Å². The van der Waals surface area contributed by atoms with Gasteiger partial charge in [0.25, 0.3) is 0 Å². The van der Waals surface area contributed by atoms with Gasteiger partial charge in [-0.25, -0.2) is 4.39 Å². The van der Waals surface area contributed by atoms with Crippen molar-refractivity contribution in [2.75, 3.05) is 0 Å². The van der Waals surface area contributed by atoms with Crippen LogP contribution >= 0.6 is 34.8 Å². The molecule has 0 heterocycles. The Morgan fingerprint density at radius 3 is 2.14 bits per heavy atom. The third-order valence-corrected chi connectivity index (χ3v) is 3.86. The summed E-state index contributed by atoms with van der Waals surface area (Å²) in [5, 5.41) is -0.659. The molecule has 0 radical (unpaired) electrons. The molecule has 1 atom stereocenters. The van der Waals surface area contributed by atoms with E-state index in [1.54, 1.807) is 0 Å². The Balaban J connectivity index is 2.50. The standard InChI is InChI=1S/C14H7Cl3F4/c15-8-2-3-9(11(16)6-8)13(17)10-5-7(14(19,20)21)1-4-12(10)18/h1-6,13H. The fourth-order valence-corrected chi connectivity index (χ4v) is 2.72. The van der Waals surface area contributed by atoms with Gasteiger partial charge >= 0.3 is 6.18 Å². The van der Waals surface area contributed by atoms with E-state index in [1.165, 1.54) is 18.2 Å². The van der Waals surface area contributed by atoms with Crippen LogP contribution in [0.1, 0.15) is 22.1 Å². The normalized spacial score (nSPS) is 13.3. The summed E-state index contributed by atoms with van der Waals surface area (Å²) in [5.41, 5.74) is -0.994. The number of rotatable bonds is 2. The van der Waals surface area contributed by atoms with E-state index in [-0.39, 0.29) is 16.1 Å². The lowest BCUT2D eigenvalue weighted by Gasteiger charge is -2.15. The van der Waals surface area contributed by atoms with Crippen molar-refractivity contribution in [2.45, 2.75) is 11.6 Å². The van der Waals surface area contributed by atoms with Crippen LogP contribution in [-0.2, 0) is 6.18 Å². The molecule has 0 nitrogen and oxygen atoms in total. The third kappa shape index (κ3) is 3.62. The summed E-state index contributed by atoms with van der Waals surface area (Å²) in [6, 6.07) is 6.38. The zero-order valence-corrected chi connectivity index (χ0v) is 12.5. The monoisotopic (exact) mass is 356 g/mol. The summed E-state index contributed by atoms with van der Waals surface area (Å²) in [6.07, 6.45) is -4.58. The van der Waals surface area contributed by atoms with E-state index in [4.69, 9.17) is 34.8 Å². The van der Waals surface area contributed by atoms with Gasteiger partial charge < -0.3 is 0 Å². The molecule has 0 amide bonds. The van der Waals surface area contributed by atoms with Crippen molar-refractivity contribution in [1.82, 2.24) is 0 Å². The second-order valence-corrected chi connectivity index (χ2v) is 5.54. The Bertz CT molecular complexity index is 668. The first kappa shape index (κ1) is 16.4. The van der Waals surface area contributed by atoms with E-state index in [9.17, 15) is 17.6 Å². The predicted molar refractivity (Wildman–Crippen MR) is 75.6 cm³/mol. The van der Waals surface area contributed by atoms with Crippen LogP contribution in [0.3, 0.4) is 0 Å². The molecule has 0 spiro atoms. The molecular weight excluding hydrogens is 351 g/mol. The Kier molecular flexibility index (Phi) is 4.71. The average Bonchev–Trinajstić information content (AvgIpc) is 2.37. The Labute approximate surface area is 133 Å². The molecule has 0 saturated heterocycles. The highest BCUT2D eigenvalue weighted by Crippen LogP contribution is 2.38. The lowest BCUT2D eigenvalue weighted by atomic mass is 10.0. The van der Waals surface area contributed by atoms with Crippen LogP contribution in [0.4, 0.5) is 17.6 Å². The van der Waals surface area contributed by atoms with Crippen molar-refractivity contribution in [1.29, 1.82) is 0 Å². The molecule has 21 heavy (non-hydrogen) atoms. The quantitative estimate of drug-likeness (QED) is 0.426. The predicted octanol–water partition coefficient (Wildman–Crippen LogP) is 6.48. The molecule has 0 aromatic heterocycles. The largest absolute Gasteiger partial charge is 0.416 e. The van der Waals surface area contributed by atoms with Crippen molar-refractivity contribution < 1.29 is 17.6 Å². The zero-order chi connectivity index (χ0) is 15.8. The molecule has 2 rings (SSSR count). The first-order valence-corrected chi connectivity index (χ1v) is 6.85. The average molecular weight is 358 g/mol. The van der Waals surface area contributed by atoms with Crippen LogP contribution in [0.5, 0.6) is 0 Å². The highest BCUT2D eigenvalue weighted by atomic mass is 35.5. The molecule has 2 aromatic carbocycles. The lowest BCUT2D eigenvalue weighted by Crippen LogP contribution is -2.07. The van der Waals surface area contributed by atoms with Crippen LogP contribution in [0.25, 0.3) is 0 Å². The van der Waals surface area contributed by atoms with Gasteiger partial charge in [-0.1, -0.05) is 29.3 Å². The van der Waals surface area contributed by atoms with Gasteiger partial charge in [-0.2, -0.15) is 13.2 Å². The molecule has 1 unspecified atom stereocenters. The van der Waals surface area contributed by atoms with Gasteiger partial charge in [0.05, 0.1) is 10.9 Å². The molecule has 0 aliphatic heterocycles. The van der Waals surface area contributed by atoms with Crippen LogP contribution in [-0.4, -0.2) is 0 Å². The molecule has 0 fully saturated rings. The minimum Gasteiger partial charge on any atom is -0.207 e. The van der Waals surface area contributed by atoms with Crippen molar-refractivity contribution in [3.8, 4) is 0 Å². The number of hydrogen-bond donors (Lipinski definition) is 0. The SMILES string of the molecule is Fc1ccc(C(F)(F)F)cc1C(Cl)c1ccc(Cl)cc1Cl. The van der Waals surface area contributed by atoms with E-state index < -0.39 is 22.9 Å². The number of hydrogen-bond acceptors (Lipinski definition) is 0. The van der Waals surface area contributed by atoms with Gasteiger partial charge in [0.1, 0.15) is 5.82 Å². The van der Waals surface area contributed by atoms with E-state index in [0.717, 1.165) is 6.07 Å². The molecule has 0 aliphatic rings. The summed E-state index contributed by atoms with van der Waals surface area (Å²) in [5.74, 6) is -0.839. The summed E-state index contributed by atoms with van der Waals surface area (Å²) in [6.45, 7) is 0. The molecule has 2 aromatic rings. The lowest BCUT2D eigenvalue weighted by molar-refractivity contribution is -0.137. The van der Waals surface area contributed by atoms with Gasteiger partial charge in [-0.3, -0.25) is 0 Å². The van der Waals surface area contributed by atoms with Gasteiger partial charge in [-0.15, -0.1) is 11.6 Å². The summed E-state index contributed by atoms with van der Waals surface area (Å²) in [4.78, 5) is 0. The summed E-state index contributed by atoms with van der Waals surface area (Å²) < 4.78 is 51.8. The number of halogens is 7. The van der Waals surface area contributed by atoms with Crippen molar-refractivity contribution in [2.24, 2.45) is 0 Å². The second kappa shape index (κ2) is 6.03. The number of alkyl halides is 4. The van der Waals surface area contributed by atoms with Crippen molar-refractivity contribution in [3.05, 3.63) is 69.0 Å². The van der Waals surface area contributed by atoms with Gasteiger partial charge in [0, 0.05) is 15.6 Å². The minimum absolute atomic E-state index is 0.152.